The number of aromatic nitrogens is 1. The van der Waals surface area contributed by atoms with E-state index in [4.69, 9.17) is 4.74 Å². The fraction of sp³-hybridized carbons (Fsp3) is 0.385. The van der Waals surface area contributed by atoms with Crippen LogP contribution >= 0.6 is 22.6 Å². The van der Waals surface area contributed by atoms with E-state index in [1.54, 1.807) is 13.2 Å². The Balaban J connectivity index is 2.40. The Hall–Kier alpha value is -0.620. The highest BCUT2D eigenvalue weighted by molar-refractivity contribution is 14.1. The normalized spacial score (nSPS) is 11.2. The molecular weight excluding hydrogens is 332 g/mol. The van der Waals surface area contributed by atoms with Crippen molar-refractivity contribution in [2.45, 2.75) is 17.4 Å². The van der Waals surface area contributed by atoms with Crippen molar-refractivity contribution >= 4 is 33.5 Å². The first-order valence-electron chi connectivity index (χ1n) is 5.59. The fourth-order valence-corrected chi connectivity index (χ4v) is 2.66. The van der Waals surface area contributed by atoms with Crippen LogP contribution in [0.4, 0.5) is 4.39 Å². The number of para-hydroxylation sites is 1. The summed E-state index contributed by atoms with van der Waals surface area (Å²) in [5.74, 6) is -0.143. The van der Waals surface area contributed by atoms with E-state index < -0.39 is 0 Å². The van der Waals surface area contributed by atoms with Gasteiger partial charge in [-0.15, -0.1) is 0 Å². The summed E-state index contributed by atoms with van der Waals surface area (Å²) in [4.78, 5) is 0. The van der Waals surface area contributed by atoms with Crippen LogP contribution in [0.1, 0.15) is 12.0 Å². The second-order valence-electron chi connectivity index (χ2n) is 3.96. The highest BCUT2D eigenvalue weighted by Crippen LogP contribution is 2.26. The molecule has 0 unspecified atom stereocenters. The molecule has 1 heterocycles. The first-order chi connectivity index (χ1) is 8.27. The third kappa shape index (κ3) is 2.63. The van der Waals surface area contributed by atoms with Gasteiger partial charge in [-0.2, -0.15) is 0 Å². The molecule has 0 atom stereocenters. The van der Waals surface area contributed by atoms with Crippen LogP contribution in [0.3, 0.4) is 0 Å². The van der Waals surface area contributed by atoms with Crippen molar-refractivity contribution in [3.05, 3.63) is 35.8 Å². The van der Waals surface area contributed by atoms with E-state index >= 15 is 0 Å². The van der Waals surface area contributed by atoms with Gasteiger partial charge in [-0.05, 0) is 18.1 Å². The summed E-state index contributed by atoms with van der Waals surface area (Å²) in [6, 6.07) is 5.28. The van der Waals surface area contributed by atoms with Crippen LogP contribution in [0.5, 0.6) is 0 Å². The number of benzene rings is 1. The molecule has 0 amide bonds. The topological polar surface area (TPSA) is 14.2 Å². The number of aryl methyl sites for hydroxylation is 1. The molecule has 2 nitrogen and oxygen atoms in total. The van der Waals surface area contributed by atoms with Gasteiger partial charge in [0, 0.05) is 36.3 Å². The van der Waals surface area contributed by atoms with Crippen molar-refractivity contribution in [2.24, 2.45) is 0 Å². The van der Waals surface area contributed by atoms with Crippen molar-refractivity contribution in [3.63, 3.8) is 0 Å². The van der Waals surface area contributed by atoms with Gasteiger partial charge in [-0.1, -0.05) is 34.7 Å². The molecule has 4 heteroatoms. The quantitative estimate of drug-likeness (QED) is 0.457. The predicted octanol–water partition coefficient (Wildman–Crippen LogP) is 3.75. The summed E-state index contributed by atoms with van der Waals surface area (Å²) in [6.07, 6.45) is 2.95. The Labute approximate surface area is 114 Å². The van der Waals surface area contributed by atoms with Gasteiger partial charge in [0.05, 0.1) is 5.52 Å². The molecule has 0 saturated heterocycles. The van der Waals surface area contributed by atoms with Crippen LogP contribution in [-0.2, 0) is 15.7 Å². The molecule has 17 heavy (non-hydrogen) atoms. The molecule has 0 radical (unpaired) electrons. The molecule has 0 bridgehead atoms. The number of hydrogen-bond acceptors (Lipinski definition) is 1. The zero-order valence-electron chi connectivity index (χ0n) is 9.75. The monoisotopic (exact) mass is 347 g/mol. The summed E-state index contributed by atoms with van der Waals surface area (Å²) < 4.78 is 21.8. The first-order valence-corrected chi connectivity index (χ1v) is 7.11. The summed E-state index contributed by atoms with van der Waals surface area (Å²) in [5, 5.41) is 1.02. The minimum Gasteiger partial charge on any atom is -0.385 e. The average molecular weight is 347 g/mol. The van der Waals surface area contributed by atoms with E-state index in [0.717, 1.165) is 28.3 Å². The van der Waals surface area contributed by atoms with Crippen LogP contribution in [0.2, 0.25) is 0 Å². The van der Waals surface area contributed by atoms with E-state index in [1.807, 2.05) is 10.6 Å². The maximum atomic E-state index is 13.9. The lowest BCUT2D eigenvalue weighted by atomic mass is 10.2. The third-order valence-corrected chi connectivity index (χ3v) is 3.64. The van der Waals surface area contributed by atoms with E-state index in [2.05, 4.69) is 28.8 Å². The molecule has 0 spiro atoms. The molecule has 0 fully saturated rings. The predicted molar refractivity (Wildman–Crippen MR) is 76.1 cm³/mol. The standard InChI is InChI=1S/C13H15FINO/c1-17-7-3-6-16-9-10(8-15)11-4-2-5-12(14)13(11)16/h2,4-5,9H,3,6-8H2,1H3. The number of nitrogens with zero attached hydrogens (tertiary/aromatic N) is 1. The molecule has 1 aromatic heterocycles. The molecule has 0 aliphatic rings. The zero-order chi connectivity index (χ0) is 12.3. The highest BCUT2D eigenvalue weighted by atomic mass is 127. The van der Waals surface area contributed by atoms with Gasteiger partial charge >= 0.3 is 0 Å². The number of fused-ring (bicyclic) bond motifs is 1. The summed E-state index contributed by atoms with van der Waals surface area (Å²) >= 11 is 2.31. The summed E-state index contributed by atoms with van der Waals surface area (Å²) in [5.41, 5.74) is 1.91. The number of ether oxygens (including phenoxy) is 1. The van der Waals surface area contributed by atoms with Crippen molar-refractivity contribution in [1.82, 2.24) is 4.57 Å². The Morgan fingerprint density at radius 1 is 1.41 bits per heavy atom. The van der Waals surface area contributed by atoms with Crippen molar-refractivity contribution < 1.29 is 9.13 Å². The maximum absolute atomic E-state index is 13.9. The molecule has 0 saturated carbocycles. The molecule has 0 aliphatic heterocycles. The second-order valence-corrected chi connectivity index (χ2v) is 4.73. The lowest BCUT2D eigenvalue weighted by molar-refractivity contribution is 0.190. The van der Waals surface area contributed by atoms with E-state index in [0.29, 0.717) is 6.61 Å². The van der Waals surface area contributed by atoms with Crippen LogP contribution in [0.15, 0.2) is 24.4 Å². The number of methoxy groups -OCH3 is 1. The smallest absolute Gasteiger partial charge is 0.147 e. The number of rotatable bonds is 5. The number of hydrogen-bond donors (Lipinski definition) is 0. The summed E-state index contributed by atoms with van der Waals surface area (Å²) in [7, 11) is 1.69. The van der Waals surface area contributed by atoms with Crippen LogP contribution < -0.4 is 0 Å². The molecule has 2 aromatic rings. The van der Waals surface area contributed by atoms with E-state index in [9.17, 15) is 4.39 Å². The van der Waals surface area contributed by atoms with Crippen molar-refractivity contribution in [1.29, 1.82) is 0 Å². The van der Waals surface area contributed by atoms with Gasteiger partial charge in [-0.25, -0.2) is 4.39 Å². The lowest BCUT2D eigenvalue weighted by Gasteiger charge is -2.05. The van der Waals surface area contributed by atoms with Crippen LogP contribution in [0.25, 0.3) is 10.9 Å². The fourth-order valence-electron chi connectivity index (χ4n) is 2.05. The van der Waals surface area contributed by atoms with Crippen LogP contribution in [-0.4, -0.2) is 18.3 Å². The van der Waals surface area contributed by atoms with Gasteiger partial charge < -0.3 is 9.30 Å². The minimum atomic E-state index is -0.143. The third-order valence-electron chi connectivity index (χ3n) is 2.82. The average Bonchev–Trinajstić information content (AvgIpc) is 2.69. The molecule has 0 aliphatic carbocycles. The van der Waals surface area contributed by atoms with Gasteiger partial charge in [0.25, 0.3) is 0 Å². The minimum absolute atomic E-state index is 0.143. The molecular formula is C13H15FINO. The van der Waals surface area contributed by atoms with Crippen molar-refractivity contribution in [2.75, 3.05) is 13.7 Å². The largest absolute Gasteiger partial charge is 0.385 e. The molecule has 0 N–H and O–H groups in total. The van der Waals surface area contributed by atoms with Crippen molar-refractivity contribution in [3.8, 4) is 0 Å². The second kappa shape index (κ2) is 5.82. The maximum Gasteiger partial charge on any atom is 0.147 e. The number of alkyl halides is 1. The summed E-state index contributed by atoms with van der Waals surface area (Å²) in [6.45, 7) is 1.50. The molecule has 1 aromatic carbocycles. The highest BCUT2D eigenvalue weighted by Gasteiger charge is 2.10. The Kier molecular flexibility index (Phi) is 4.39. The van der Waals surface area contributed by atoms with Gasteiger partial charge in [0.1, 0.15) is 5.82 Å². The Morgan fingerprint density at radius 2 is 2.24 bits per heavy atom. The lowest BCUT2D eigenvalue weighted by Crippen LogP contribution is -2.01. The van der Waals surface area contributed by atoms with Gasteiger partial charge in [0.15, 0.2) is 0 Å². The first kappa shape index (κ1) is 12.8. The SMILES string of the molecule is COCCCn1cc(CI)c2cccc(F)c21. The Morgan fingerprint density at radius 3 is 2.94 bits per heavy atom. The molecule has 92 valence electrons. The number of halogens is 2. The zero-order valence-corrected chi connectivity index (χ0v) is 11.9. The van der Waals surface area contributed by atoms with Crippen LogP contribution in [0, 0.1) is 5.82 Å². The molecule has 2 rings (SSSR count). The van der Waals surface area contributed by atoms with Gasteiger partial charge in [0.2, 0.25) is 0 Å². The van der Waals surface area contributed by atoms with E-state index in [1.165, 1.54) is 11.6 Å². The van der Waals surface area contributed by atoms with Gasteiger partial charge in [-0.3, -0.25) is 0 Å². The Bertz CT molecular complexity index is 509. The van der Waals surface area contributed by atoms with E-state index in [-0.39, 0.29) is 5.82 Å².